The van der Waals surface area contributed by atoms with Crippen LogP contribution < -0.4 is 0 Å². The van der Waals surface area contributed by atoms with Crippen LogP contribution in [0.5, 0.6) is 0 Å². The zero-order valence-electron chi connectivity index (χ0n) is 7.60. The highest BCUT2D eigenvalue weighted by molar-refractivity contribution is 5.51. The molecule has 0 spiro atoms. The van der Waals surface area contributed by atoms with Crippen LogP contribution in [0.4, 0.5) is 0 Å². The Bertz CT molecular complexity index is 402. The summed E-state index contributed by atoms with van der Waals surface area (Å²) in [6.45, 7) is 2.01. The van der Waals surface area contributed by atoms with E-state index in [1.165, 1.54) is 4.80 Å². The van der Waals surface area contributed by atoms with Crippen molar-refractivity contribution >= 4 is 0 Å². The molecule has 0 N–H and O–H groups in total. The maximum atomic E-state index is 4.25. The van der Waals surface area contributed by atoms with Crippen LogP contribution in [0.25, 0.3) is 11.4 Å². The third kappa shape index (κ3) is 1.56. The Morgan fingerprint density at radius 1 is 1.15 bits per heavy atom. The largest absolute Gasteiger partial charge is 0.254 e. The molecule has 0 radical (unpaired) electrons. The molecule has 4 heteroatoms. The number of pyridine rings is 1. The highest BCUT2D eigenvalue weighted by Crippen LogP contribution is 2.11. The van der Waals surface area contributed by atoms with Gasteiger partial charge in [0.25, 0.3) is 0 Å². The second-order valence-electron chi connectivity index (χ2n) is 2.94. The molecule has 0 fully saturated rings. The van der Waals surface area contributed by atoms with Crippen molar-refractivity contribution in [2.45, 2.75) is 6.92 Å². The zero-order valence-corrected chi connectivity index (χ0v) is 7.60. The Kier molecular flexibility index (Phi) is 1.81. The summed E-state index contributed by atoms with van der Waals surface area (Å²) in [7, 11) is 1.79. The molecule has 0 aliphatic heterocycles. The van der Waals surface area contributed by atoms with Gasteiger partial charge in [-0.3, -0.25) is 4.98 Å². The first-order valence-electron chi connectivity index (χ1n) is 4.05. The van der Waals surface area contributed by atoms with E-state index in [4.69, 9.17) is 0 Å². The number of nitrogens with zero attached hydrogens (tertiary/aromatic N) is 4. The first-order chi connectivity index (χ1) is 6.25. The molecule has 0 saturated heterocycles. The fourth-order valence-corrected chi connectivity index (χ4v) is 1.08. The number of hydrogen-bond donors (Lipinski definition) is 0. The smallest absolute Gasteiger partial charge is 0.131 e. The quantitative estimate of drug-likeness (QED) is 0.652. The molecule has 66 valence electrons. The molecule has 0 atom stereocenters. The Labute approximate surface area is 76.2 Å². The lowest BCUT2D eigenvalue weighted by Crippen LogP contribution is -1.92. The van der Waals surface area contributed by atoms with Crippen molar-refractivity contribution in [2.75, 3.05) is 0 Å². The summed E-state index contributed by atoms with van der Waals surface area (Å²) >= 11 is 0. The molecule has 4 nitrogen and oxygen atoms in total. The van der Waals surface area contributed by atoms with Crippen LogP contribution >= 0.6 is 0 Å². The van der Waals surface area contributed by atoms with Gasteiger partial charge in [-0.05, 0) is 18.6 Å². The maximum absolute atomic E-state index is 4.25. The summed E-state index contributed by atoms with van der Waals surface area (Å²) in [5.74, 6) is 0. The van der Waals surface area contributed by atoms with Gasteiger partial charge in [-0.1, -0.05) is 6.07 Å². The van der Waals surface area contributed by atoms with E-state index < -0.39 is 0 Å². The van der Waals surface area contributed by atoms with Gasteiger partial charge in [-0.25, -0.2) is 0 Å². The van der Waals surface area contributed by atoms with Crippen molar-refractivity contribution in [3.05, 3.63) is 30.1 Å². The fourth-order valence-electron chi connectivity index (χ4n) is 1.08. The lowest BCUT2D eigenvalue weighted by Gasteiger charge is -1.94. The van der Waals surface area contributed by atoms with Crippen LogP contribution in [0.3, 0.4) is 0 Å². The van der Waals surface area contributed by atoms with Gasteiger partial charge >= 0.3 is 0 Å². The van der Waals surface area contributed by atoms with Crippen LogP contribution in [0.1, 0.15) is 5.56 Å². The van der Waals surface area contributed by atoms with E-state index in [1.54, 1.807) is 13.2 Å². The summed E-state index contributed by atoms with van der Waals surface area (Å²) in [6, 6.07) is 3.95. The maximum Gasteiger partial charge on any atom is 0.131 e. The third-order valence-corrected chi connectivity index (χ3v) is 1.77. The second kappa shape index (κ2) is 2.97. The lowest BCUT2D eigenvalue weighted by atomic mass is 10.2. The minimum Gasteiger partial charge on any atom is -0.254 e. The van der Waals surface area contributed by atoms with E-state index in [-0.39, 0.29) is 0 Å². The molecule has 2 heterocycles. The van der Waals surface area contributed by atoms with E-state index in [1.807, 2.05) is 25.3 Å². The van der Waals surface area contributed by atoms with Gasteiger partial charge < -0.3 is 0 Å². The Morgan fingerprint density at radius 3 is 2.54 bits per heavy atom. The fraction of sp³-hybridized carbons (Fsp3) is 0.222. The van der Waals surface area contributed by atoms with Gasteiger partial charge in [0.2, 0.25) is 0 Å². The molecule has 0 aliphatic carbocycles. The summed E-state index contributed by atoms with van der Waals surface area (Å²) in [6.07, 6.45) is 3.53. The highest BCUT2D eigenvalue weighted by atomic mass is 15.4. The first kappa shape index (κ1) is 7.91. The molecule has 13 heavy (non-hydrogen) atoms. The molecular weight excluding hydrogens is 164 g/mol. The van der Waals surface area contributed by atoms with Gasteiger partial charge in [0.05, 0.1) is 11.9 Å². The highest BCUT2D eigenvalue weighted by Gasteiger charge is 2.01. The van der Waals surface area contributed by atoms with Crippen LogP contribution in [-0.2, 0) is 7.05 Å². The molecule has 0 unspecified atom stereocenters. The molecule has 0 aliphatic rings. The van der Waals surface area contributed by atoms with Crippen LogP contribution in [-0.4, -0.2) is 20.0 Å². The lowest BCUT2D eigenvalue weighted by molar-refractivity contribution is 0.655. The standard InChI is InChI=1S/C9H10N4/c1-7-3-4-8(10-5-7)9-6-11-13(2)12-9/h3-6H,1-2H3. The SMILES string of the molecule is Cc1ccc(-c2cnn(C)n2)nc1. The van der Waals surface area contributed by atoms with E-state index in [0.29, 0.717) is 0 Å². The summed E-state index contributed by atoms with van der Waals surface area (Å²) in [5, 5.41) is 8.13. The molecule has 0 aromatic carbocycles. The Hall–Kier alpha value is -1.71. The van der Waals surface area contributed by atoms with Crippen molar-refractivity contribution < 1.29 is 0 Å². The van der Waals surface area contributed by atoms with Crippen LogP contribution in [0.2, 0.25) is 0 Å². The van der Waals surface area contributed by atoms with Crippen molar-refractivity contribution in [1.82, 2.24) is 20.0 Å². The molecule has 2 rings (SSSR count). The van der Waals surface area contributed by atoms with Gasteiger partial charge in [-0.15, -0.1) is 0 Å². The predicted molar refractivity (Wildman–Crippen MR) is 49.0 cm³/mol. The van der Waals surface area contributed by atoms with Crippen LogP contribution in [0.15, 0.2) is 24.5 Å². The van der Waals surface area contributed by atoms with Crippen molar-refractivity contribution in [3.63, 3.8) is 0 Å². The third-order valence-electron chi connectivity index (χ3n) is 1.77. The average Bonchev–Trinajstić information content (AvgIpc) is 2.53. The zero-order chi connectivity index (χ0) is 9.26. The second-order valence-corrected chi connectivity index (χ2v) is 2.94. The van der Waals surface area contributed by atoms with Gasteiger partial charge in [-0.2, -0.15) is 15.0 Å². The number of hydrogen-bond acceptors (Lipinski definition) is 3. The molecular formula is C9H10N4. The number of rotatable bonds is 1. The number of aryl methyl sites for hydroxylation is 2. The topological polar surface area (TPSA) is 43.6 Å². The van der Waals surface area contributed by atoms with Gasteiger partial charge in [0.15, 0.2) is 0 Å². The molecule has 2 aromatic rings. The van der Waals surface area contributed by atoms with Gasteiger partial charge in [0, 0.05) is 13.2 Å². The molecule has 0 bridgehead atoms. The van der Waals surface area contributed by atoms with E-state index in [9.17, 15) is 0 Å². The average molecular weight is 174 g/mol. The first-order valence-corrected chi connectivity index (χ1v) is 4.05. The minimum atomic E-state index is 0.808. The molecule has 2 aromatic heterocycles. The minimum absolute atomic E-state index is 0.808. The Morgan fingerprint density at radius 2 is 2.00 bits per heavy atom. The van der Waals surface area contributed by atoms with Crippen molar-refractivity contribution in [2.24, 2.45) is 7.05 Å². The summed E-state index contributed by atoms with van der Waals surface area (Å²) < 4.78 is 0. The predicted octanol–water partition coefficient (Wildman–Crippen LogP) is 1.19. The van der Waals surface area contributed by atoms with E-state index in [2.05, 4.69) is 15.2 Å². The van der Waals surface area contributed by atoms with Crippen molar-refractivity contribution in [3.8, 4) is 11.4 Å². The Balaban J connectivity index is 2.41. The number of aromatic nitrogens is 4. The van der Waals surface area contributed by atoms with Crippen molar-refractivity contribution in [1.29, 1.82) is 0 Å². The van der Waals surface area contributed by atoms with E-state index >= 15 is 0 Å². The summed E-state index contributed by atoms with van der Waals surface area (Å²) in [4.78, 5) is 5.77. The normalized spacial score (nSPS) is 10.3. The monoisotopic (exact) mass is 174 g/mol. The molecule has 0 saturated carbocycles. The van der Waals surface area contributed by atoms with E-state index in [0.717, 1.165) is 17.0 Å². The van der Waals surface area contributed by atoms with Gasteiger partial charge in [0.1, 0.15) is 5.69 Å². The summed E-state index contributed by atoms with van der Waals surface area (Å²) in [5.41, 5.74) is 2.81. The van der Waals surface area contributed by atoms with Crippen LogP contribution in [0, 0.1) is 6.92 Å². The molecule has 0 amide bonds.